The number of halogens is 2. The fraction of sp³-hybridized carbons (Fsp3) is 0. The second-order valence-corrected chi connectivity index (χ2v) is 5.72. The number of nitro groups is 1. The van der Waals surface area contributed by atoms with Gasteiger partial charge in [0.15, 0.2) is 0 Å². The van der Waals surface area contributed by atoms with Gasteiger partial charge in [0.05, 0.1) is 31.7 Å². The van der Waals surface area contributed by atoms with E-state index in [9.17, 15) is 14.9 Å². The Morgan fingerprint density at radius 1 is 1.32 bits per heavy atom. The van der Waals surface area contributed by atoms with Gasteiger partial charge < -0.3 is 0 Å². The Balaban J connectivity index is 2.17. The molecule has 0 unspecified atom stereocenters. The summed E-state index contributed by atoms with van der Waals surface area (Å²) in [4.78, 5) is 23.0. The first-order valence-electron chi connectivity index (χ1n) is 6.10. The monoisotopic (exact) mass is 379 g/mol. The van der Waals surface area contributed by atoms with Crippen molar-refractivity contribution in [3.8, 4) is 0 Å². The van der Waals surface area contributed by atoms with Crippen molar-refractivity contribution < 1.29 is 9.72 Å². The lowest BCUT2D eigenvalue weighted by Crippen LogP contribution is -2.13. The lowest BCUT2D eigenvalue weighted by Gasteiger charge is -2.05. The van der Waals surface area contributed by atoms with Crippen molar-refractivity contribution >= 4 is 50.0 Å². The minimum Gasteiger partial charge on any atom is -0.267 e. The van der Waals surface area contributed by atoms with Crippen LogP contribution in [-0.2, 0) is 0 Å². The molecule has 6 nitrogen and oxygen atoms in total. The minimum absolute atomic E-state index is 0.0859. The summed E-state index contributed by atoms with van der Waals surface area (Å²) in [5, 5.41) is 15.8. The predicted molar refractivity (Wildman–Crippen MR) is 85.3 cm³/mol. The molecule has 2 aromatic carbocycles. The Morgan fingerprint density at radius 3 is 2.73 bits per heavy atom. The molecular weight excluding hydrogens is 374 g/mol. The molecule has 0 amide bonds. The molecule has 0 atom stereocenters. The minimum atomic E-state index is -0.503. The molecule has 110 valence electrons. The number of hydrogen-bond donors (Lipinski definition) is 0. The van der Waals surface area contributed by atoms with Gasteiger partial charge in [-0.3, -0.25) is 14.9 Å². The number of carbonyl (C=O) groups is 1. The van der Waals surface area contributed by atoms with E-state index in [1.54, 1.807) is 24.3 Å². The zero-order valence-corrected chi connectivity index (χ0v) is 13.2. The van der Waals surface area contributed by atoms with Gasteiger partial charge in [-0.15, -0.1) is 0 Å². The van der Waals surface area contributed by atoms with Gasteiger partial charge in [0.25, 0.3) is 11.6 Å². The van der Waals surface area contributed by atoms with Crippen LogP contribution in [0.1, 0.15) is 10.4 Å². The maximum Gasteiger partial charge on any atom is 0.284 e. The molecule has 0 saturated carbocycles. The summed E-state index contributed by atoms with van der Waals surface area (Å²) in [6.45, 7) is 0. The third kappa shape index (κ3) is 2.38. The Morgan fingerprint density at radius 2 is 2.05 bits per heavy atom. The normalized spacial score (nSPS) is 10.8. The molecule has 0 fully saturated rings. The SMILES string of the molecule is O=C(c1ccccc1Cl)n1ncc2cc([N+](=O)[O-])c(Br)cc21. The second kappa shape index (κ2) is 5.51. The highest BCUT2D eigenvalue weighted by molar-refractivity contribution is 9.10. The zero-order chi connectivity index (χ0) is 15.9. The average molecular weight is 381 g/mol. The first-order chi connectivity index (χ1) is 10.5. The molecule has 0 aliphatic rings. The van der Waals surface area contributed by atoms with Crippen molar-refractivity contribution in [1.82, 2.24) is 9.78 Å². The molecule has 0 bridgehead atoms. The van der Waals surface area contributed by atoms with Gasteiger partial charge in [-0.1, -0.05) is 23.7 Å². The molecule has 22 heavy (non-hydrogen) atoms. The predicted octanol–water partition coefficient (Wildman–Crippen LogP) is 4.05. The Hall–Kier alpha value is -2.25. The van der Waals surface area contributed by atoms with E-state index in [0.29, 0.717) is 21.5 Å². The van der Waals surface area contributed by atoms with Crippen LogP contribution < -0.4 is 0 Å². The van der Waals surface area contributed by atoms with Gasteiger partial charge in [-0.2, -0.15) is 9.78 Å². The van der Waals surface area contributed by atoms with Gasteiger partial charge in [0.1, 0.15) is 0 Å². The van der Waals surface area contributed by atoms with E-state index in [1.165, 1.54) is 23.0 Å². The second-order valence-electron chi connectivity index (χ2n) is 4.46. The van der Waals surface area contributed by atoms with E-state index < -0.39 is 10.8 Å². The highest BCUT2D eigenvalue weighted by Crippen LogP contribution is 2.30. The van der Waals surface area contributed by atoms with E-state index in [1.807, 2.05) is 0 Å². The molecule has 0 radical (unpaired) electrons. The lowest BCUT2D eigenvalue weighted by atomic mass is 10.2. The number of fused-ring (bicyclic) bond motifs is 1. The van der Waals surface area contributed by atoms with Crippen LogP contribution in [0.15, 0.2) is 47.1 Å². The number of carbonyl (C=O) groups excluding carboxylic acids is 1. The Bertz CT molecular complexity index is 923. The highest BCUT2D eigenvalue weighted by Gasteiger charge is 2.19. The first-order valence-corrected chi connectivity index (χ1v) is 7.27. The summed E-state index contributed by atoms with van der Waals surface area (Å²) in [7, 11) is 0. The molecule has 0 N–H and O–H groups in total. The largest absolute Gasteiger partial charge is 0.284 e. The molecule has 1 aromatic heterocycles. The van der Waals surface area contributed by atoms with Crippen molar-refractivity contribution in [2.75, 3.05) is 0 Å². The van der Waals surface area contributed by atoms with Crippen LogP contribution in [0, 0.1) is 10.1 Å². The van der Waals surface area contributed by atoms with Crippen LogP contribution in [0.4, 0.5) is 5.69 Å². The number of nitro benzene ring substituents is 1. The summed E-state index contributed by atoms with van der Waals surface area (Å²) in [6, 6.07) is 9.49. The fourth-order valence-electron chi connectivity index (χ4n) is 2.09. The van der Waals surface area contributed by atoms with Crippen LogP contribution in [-0.4, -0.2) is 20.6 Å². The van der Waals surface area contributed by atoms with Gasteiger partial charge in [-0.25, -0.2) is 0 Å². The van der Waals surface area contributed by atoms with E-state index in [4.69, 9.17) is 11.6 Å². The van der Waals surface area contributed by atoms with E-state index in [-0.39, 0.29) is 10.2 Å². The number of benzene rings is 2. The number of nitrogens with zero attached hydrogens (tertiary/aromatic N) is 3. The van der Waals surface area contributed by atoms with Gasteiger partial charge >= 0.3 is 0 Å². The molecule has 1 heterocycles. The van der Waals surface area contributed by atoms with Crippen molar-refractivity contribution in [1.29, 1.82) is 0 Å². The summed E-state index contributed by atoms with van der Waals surface area (Å²) in [6.07, 6.45) is 1.41. The van der Waals surface area contributed by atoms with Crippen molar-refractivity contribution in [2.24, 2.45) is 0 Å². The van der Waals surface area contributed by atoms with Crippen molar-refractivity contribution in [3.63, 3.8) is 0 Å². The quantitative estimate of drug-likeness (QED) is 0.496. The molecule has 0 aliphatic carbocycles. The summed E-state index contributed by atoms with van der Waals surface area (Å²) < 4.78 is 1.45. The van der Waals surface area contributed by atoms with Crippen LogP contribution in [0.2, 0.25) is 5.02 Å². The molecule has 3 rings (SSSR count). The molecule has 8 heteroatoms. The van der Waals surface area contributed by atoms with E-state index in [0.717, 1.165) is 0 Å². The van der Waals surface area contributed by atoms with Crippen LogP contribution in [0.3, 0.4) is 0 Å². The van der Waals surface area contributed by atoms with Gasteiger partial charge in [-0.05, 0) is 34.1 Å². The lowest BCUT2D eigenvalue weighted by molar-refractivity contribution is -0.385. The fourth-order valence-corrected chi connectivity index (χ4v) is 2.78. The summed E-state index contributed by atoms with van der Waals surface area (Å²) in [5.74, 6) is -0.402. The van der Waals surface area contributed by atoms with Gasteiger partial charge in [0.2, 0.25) is 0 Å². The highest BCUT2D eigenvalue weighted by atomic mass is 79.9. The third-order valence-corrected chi connectivity index (χ3v) is 4.09. The standard InChI is InChI=1S/C14H7BrClN3O3/c15-10-6-12-8(5-13(10)19(21)22)7-17-18(12)14(20)9-3-1-2-4-11(9)16/h1-7H. The van der Waals surface area contributed by atoms with Crippen molar-refractivity contribution in [2.45, 2.75) is 0 Å². The molecule has 0 spiro atoms. The van der Waals surface area contributed by atoms with Crippen LogP contribution >= 0.6 is 27.5 Å². The number of hydrogen-bond acceptors (Lipinski definition) is 4. The summed E-state index contributed by atoms with van der Waals surface area (Å²) >= 11 is 9.16. The van der Waals surface area contributed by atoms with Crippen LogP contribution in [0.5, 0.6) is 0 Å². The Labute approximate surface area is 137 Å². The smallest absolute Gasteiger partial charge is 0.267 e. The van der Waals surface area contributed by atoms with E-state index in [2.05, 4.69) is 21.0 Å². The maximum atomic E-state index is 12.5. The number of aromatic nitrogens is 2. The molecule has 0 saturated heterocycles. The van der Waals surface area contributed by atoms with E-state index >= 15 is 0 Å². The average Bonchev–Trinajstić information content (AvgIpc) is 2.88. The topological polar surface area (TPSA) is 78.0 Å². The van der Waals surface area contributed by atoms with Crippen molar-refractivity contribution in [3.05, 3.63) is 67.8 Å². The number of rotatable bonds is 2. The Kier molecular flexibility index (Phi) is 3.67. The maximum absolute atomic E-state index is 12.5. The molecule has 0 aliphatic heterocycles. The van der Waals surface area contributed by atoms with Crippen LogP contribution in [0.25, 0.3) is 10.9 Å². The zero-order valence-electron chi connectivity index (χ0n) is 10.9. The van der Waals surface area contributed by atoms with Gasteiger partial charge in [0, 0.05) is 11.5 Å². The first kappa shape index (κ1) is 14.7. The molecular formula is C14H7BrClN3O3. The third-order valence-electron chi connectivity index (χ3n) is 3.13. The summed E-state index contributed by atoms with van der Waals surface area (Å²) in [5.41, 5.74) is 0.684. The molecule has 3 aromatic rings.